The molecule has 9 heteroatoms. The SMILES string of the molecule is Cl.Cl.O=S(=O)(c1cccc2ccccc12)c1[nH]nc2cccc(NCC3CCNCC3)c12. The van der Waals surface area contributed by atoms with Crippen molar-refractivity contribution in [2.45, 2.75) is 22.8 Å². The molecule has 0 radical (unpaired) electrons. The van der Waals surface area contributed by atoms with Gasteiger partial charge in [0.1, 0.15) is 0 Å². The number of nitrogens with one attached hydrogen (secondary N) is 3. The van der Waals surface area contributed by atoms with E-state index < -0.39 is 9.84 Å². The summed E-state index contributed by atoms with van der Waals surface area (Å²) in [5, 5.41) is 16.3. The Morgan fingerprint density at radius 1 is 0.938 bits per heavy atom. The zero-order valence-electron chi connectivity index (χ0n) is 17.4. The third-order valence-corrected chi connectivity index (χ3v) is 7.66. The van der Waals surface area contributed by atoms with E-state index in [1.807, 2.05) is 48.5 Å². The van der Waals surface area contributed by atoms with Gasteiger partial charge in [-0.2, -0.15) is 5.10 Å². The fourth-order valence-corrected chi connectivity index (χ4v) is 5.86. The third-order valence-electron chi connectivity index (χ3n) is 5.90. The molecule has 0 aliphatic carbocycles. The highest BCUT2D eigenvalue weighted by Crippen LogP contribution is 2.34. The van der Waals surface area contributed by atoms with Crippen LogP contribution in [-0.2, 0) is 9.84 Å². The van der Waals surface area contributed by atoms with Gasteiger partial charge >= 0.3 is 0 Å². The number of hydrogen-bond acceptors (Lipinski definition) is 5. The van der Waals surface area contributed by atoms with Crippen LogP contribution in [0.4, 0.5) is 5.69 Å². The Hall–Kier alpha value is -2.32. The van der Waals surface area contributed by atoms with E-state index in [4.69, 9.17) is 0 Å². The zero-order chi connectivity index (χ0) is 20.6. The molecule has 2 heterocycles. The van der Waals surface area contributed by atoms with Gasteiger partial charge in [0.25, 0.3) is 0 Å². The van der Waals surface area contributed by atoms with Crippen molar-refractivity contribution in [2.24, 2.45) is 5.92 Å². The normalized spacial score (nSPS) is 14.6. The van der Waals surface area contributed by atoms with E-state index >= 15 is 0 Å². The van der Waals surface area contributed by atoms with Crippen LogP contribution in [0.15, 0.2) is 70.6 Å². The molecule has 32 heavy (non-hydrogen) atoms. The molecule has 170 valence electrons. The molecule has 1 saturated heterocycles. The number of sulfone groups is 1. The predicted octanol–water partition coefficient (Wildman–Crippen LogP) is 4.80. The van der Waals surface area contributed by atoms with Gasteiger partial charge in [0.2, 0.25) is 9.84 Å². The Bertz CT molecular complexity index is 1310. The molecule has 0 amide bonds. The van der Waals surface area contributed by atoms with Crippen molar-refractivity contribution in [1.82, 2.24) is 15.5 Å². The van der Waals surface area contributed by atoms with Crippen molar-refractivity contribution in [3.05, 3.63) is 60.7 Å². The number of benzene rings is 3. The maximum absolute atomic E-state index is 13.7. The molecule has 5 rings (SSSR count). The van der Waals surface area contributed by atoms with Crippen LogP contribution in [0.25, 0.3) is 21.7 Å². The molecule has 0 bridgehead atoms. The van der Waals surface area contributed by atoms with Crippen molar-refractivity contribution in [3.8, 4) is 0 Å². The Morgan fingerprint density at radius 3 is 2.47 bits per heavy atom. The number of hydrogen-bond donors (Lipinski definition) is 3. The molecule has 1 aromatic heterocycles. The number of aromatic nitrogens is 2. The highest BCUT2D eigenvalue weighted by Gasteiger charge is 2.26. The summed E-state index contributed by atoms with van der Waals surface area (Å²) in [6.07, 6.45) is 2.24. The van der Waals surface area contributed by atoms with Gasteiger partial charge in [-0.1, -0.05) is 42.5 Å². The number of anilines is 1. The van der Waals surface area contributed by atoms with Gasteiger partial charge in [-0.3, -0.25) is 5.10 Å². The molecule has 1 aliphatic heterocycles. The fraction of sp³-hybridized carbons (Fsp3) is 0.261. The minimum absolute atomic E-state index is 0. The quantitative estimate of drug-likeness (QED) is 0.372. The van der Waals surface area contributed by atoms with Gasteiger partial charge in [0.15, 0.2) is 5.03 Å². The number of nitrogens with zero attached hydrogens (tertiary/aromatic N) is 1. The Labute approximate surface area is 199 Å². The number of piperidine rings is 1. The first-order valence-corrected chi connectivity index (χ1v) is 11.8. The molecule has 1 aliphatic rings. The monoisotopic (exact) mass is 492 g/mol. The van der Waals surface area contributed by atoms with Crippen LogP contribution in [0, 0.1) is 5.92 Å². The van der Waals surface area contributed by atoms with Gasteiger partial charge < -0.3 is 10.6 Å². The van der Waals surface area contributed by atoms with Gasteiger partial charge in [-0.15, -0.1) is 24.8 Å². The maximum Gasteiger partial charge on any atom is 0.224 e. The van der Waals surface area contributed by atoms with E-state index in [1.54, 1.807) is 12.1 Å². The molecule has 1 fully saturated rings. The lowest BCUT2D eigenvalue weighted by atomic mass is 9.98. The van der Waals surface area contributed by atoms with Crippen molar-refractivity contribution in [3.63, 3.8) is 0 Å². The van der Waals surface area contributed by atoms with E-state index in [-0.39, 0.29) is 29.8 Å². The summed E-state index contributed by atoms with van der Waals surface area (Å²) in [6, 6.07) is 18.6. The number of rotatable bonds is 5. The number of aromatic amines is 1. The highest BCUT2D eigenvalue weighted by molar-refractivity contribution is 7.91. The first kappa shape index (κ1) is 24.3. The Kier molecular flexibility index (Phi) is 7.67. The average molecular weight is 493 g/mol. The molecule has 0 atom stereocenters. The van der Waals surface area contributed by atoms with E-state index in [9.17, 15) is 8.42 Å². The fourth-order valence-electron chi connectivity index (χ4n) is 4.26. The first-order valence-electron chi connectivity index (χ1n) is 10.3. The molecule has 0 unspecified atom stereocenters. The maximum atomic E-state index is 13.7. The summed E-state index contributed by atoms with van der Waals surface area (Å²) in [5.41, 5.74) is 1.45. The summed E-state index contributed by atoms with van der Waals surface area (Å²) in [4.78, 5) is 0.291. The van der Waals surface area contributed by atoms with Crippen molar-refractivity contribution >= 4 is 62.0 Å². The Balaban J connectivity index is 0.00000144. The molecule has 6 nitrogen and oxygen atoms in total. The van der Waals surface area contributed by atoms with E-state index in [1.165, 1.54) is 0 Å². The minimum Gasteiger partial charge on any atom is -0.384 e. The molecule has 3 N–H and O–H groups in total. The van der Waals surface area contributed by atoms with Crippen LogP contribution in [-0.4, -0.2) is 38.2 Å². The van der Waals surface area contributed by atoms with Crippen molar-refractivity contribution in [1.29, 1.82) is 0 Å². The second-order valence-electron chi connectivity index (χ2n) is 7.81. The lowest BCUT2D eigenvalue weighted by Crippen LogP contribution is -2.31. The lowest BCUT2D eigenvalue weighted by Gasteiger charge is -2.23. The Morgan fingerprint density at radius 2 is 1.66 bits per heavy atom. The van der Waals surface area contributed by atoms with E-state index in [0.717, 1.165) is 43.5 Å². The van der Waals surface area contributed by atoms with E-state index in [0.29, 0.717) is 27.1 Å². The third kappa shape index (κ3) is 4.43. The number of fused-ring (bicyclic) bond motifs is 2. The highest BCUT2D eigenvalue weighted by atomic mass is 35.5. The summed E-state index contributed by atoms with van der Waals surface area (Å²) < 4.78 is 27.3. The molecule has 3 aromatic carbocycles. The first-order chi connectivity index (χ1) is 14.6. The molecule has 4 aromatic rings. The smallest absolute Gasteiger partial charge is 0.224 e. The summed E-state index contributed by atoms with van der Waals surface area (Å²) in [7, 11) is -3.78. The van der Waals surface area contributed by atoms with Crippen LogP contribution in [0.2, 0.25) is 0 Å². The largest absolute Gasteiger partial charge is 0.384 e. The van der Waals surface area contributed by atoms with Gasteiger partial charge in [-0.25, -0.2) is 8.42 Å². The number of H-pyrrole nitrogens is 1. The van der Waals surface area contributed by atoms with Gasteiger partial charge in [-0.05, 0) is 55.4 Å². The summed E-state index contributed by atoms with van der Waals surface area (Å²) >= 11 is 0. The van der Waals surface area contributed by atoms with Crippen LogP contribution in [0.5, 0.6) is 0 Å². The molecule has 0 spiro atoms. The van der Waals surface area contributed by atoms with Gasteiger partial charge in [0, 0.05) is 17.6 Å². The van der Waals surface area contributed by atoms with Crippen LogP contribution < -0.4 is 10.6 Å². The average Bonchev–Trinajstić information content (AvgIpc) is 3.24. The van der Waals surface area contributed by atoms with E-state index in [2.05, 4.69) is 20.8 Å². The van der Waals surface area contributed by atoms with Gasteiger partial charge in [0.05, 0.1) is 15.8 Å². The van der Waals surface area contributed by atoms with Crippen molar-refractivity contribution < 1.29 is 8.42 Å². The summed E-state index contributed by atoms with van der Waals surface area (Å²) in [5.74, 6) is 0.575. The van der Waals surface area contributed by atoms with Crippen LogP contribution in [0.3, 0.4) is 0 Å². The zero-order valence-corrected chi connectivity index (χ0v) is 19.8. The minimum atomic E-state index is -3.78. The topological polar surface area (TPSA) is 86.9 Å². The standard InChI is InChI=1S/C23H24N4O2S.2ClH/c28-30(29,21-10-3-6-17-5-1-2-7-18(17)21)23-22-19(8-4-9-20(22)26-27-23)25-15-16-11-13-24-14-12-16;;/h1-10,16,24-25H,11-15H2,(H,26,27);2*1H. The second-order valence-corrected chi connectivity index (χ2v) is 9.66. The molecule has 0 saturated carbocycles. The molecular weight excluding hydrogens is 467 g/mol. The van der Waals surface area contributed by atoms with Crippen LogP contribution in [0.1, 0.15) is 12.8 Å². The summed E-state index contributed by atoms with van der Waals surface area (Å²) in [6.45, 7) is 2.88. The second kappa shape index (κ2) is 10.1. The number of halogens is 2. The predicted molar refractivity (Wildman–Crippen MR) is 134 cm³/mol. The molecular formula is C23H26Cl2N4O2S. The van der Waals surface area contributed by atoms with Crippen molar-refractivity contribution in [2.75, 3.05) is 25.0 Å². The lowest BCUT2D eigenvalue weighted by molar-refractivity contribution is 0.390. The van der Waals surface area contributed by atoms with Crippen LogP contribution >= 0.6 is 24.8 Å².